The number of hydrogen-bond donors (Lipinski definition) is 4. The van der Waals surface area contributed by atoms with Crippen LogP contribution in [0.15, 0.2) is 41.7 Å². The highest BCUT2D eigenvalue weighted by atomic mass is 19.1. The van der Waals surface area contributed by atoms with E-state index in [1.807, 2.05) is 6.07 Å². The zero-order chi connectivity index (χ0) is 25.0. The first-order valence-corrected chi connectivity index (χ1v) is 11.8. The van der Waals surface area contributed by atoms with Crippen molar-refractivity contribution >= 4 is 28.7 Å². The van der Waals surface area contributed by atoms with E-state index in [4.69, 9.17) is 5.73 Å². The van der Waals surface area contributed by atoms with Gasteiger partial charge in [-0.05, 0) is 62.1 Å². The number of pyridine rings is 1. The Morgan fingerprint density at radius 1 is 1.34 bits per heavy atom. The lowest BCUT2D eigenvalue weighted by Gasteiger charge is -2.16. The molecule has 1 aromatic carbocycles. The third kappa shape index (κ3) is 5.74. The number of amides is 1. The number of H-pyrrole nitrogens is 1. The maximum Gasteiger partial charge on any atom is 0.272 e. The standard InChI is InChI=1S/C26H31FN6O2/c1-26(2,15-34)31-14-19(12-28)18-9-16(10-20(27)11-18)13-30-25(35)23-22-21(7-8-29-23)32-24(33-22)17-5-3-4-6-17/h7-12,14,17,34H,3-6,13,15,28H2,1-2H3,(H,30,35)(H,32,33). The van der Waals surface area contributed by atoms with E-state index < -0.39 is 11.4 Å². The fourth-order valence-corrected chi connectivity index (χ4v) is 4.20. The van der Waals surface area contributed by atoms with Crippen molar-refractivity contribution in [2.75, 3.05) is 6.61 Å². The molecule has 8 nitrogen and oxygen atoms in total. The first-order chi connectivity index (χ1) is 16.8. The molecule has 9 heteroatoms. The number of carbonyl (C=O) groups is 1. The Kier molecular flexibility index (Phi) is 7.25. The molecule has 0 bridgehead atoms. The summed E-state index contributed by atoms with van der Waals surface area (Å²) in [6.07, 6.45) is 9.00. The van der Waals surface area contributed by atoms with Crippen LogP contribution in [0.1, 0.15) is 72.9 Å². The quantitative estimate of drug-likeness (QED) is 0.366. The number of aliphatic imine (C=N–C) groups is 1. The fraction of sp³-hybridized carbons (Fsp3) is 0.385. The molecule has 0 atom stereocenters. The van der Waals surface area contributed by atoms with Crippen molar-refractivity contribution in [1.29, 1.82) is 0 Å². The van der Waals surface area contributed by atoms with Crippen molar-refractivity contribution in [2.24, 2.45) is 10.7 Å². The summed E-state index contributed by atoms with van der Waals surface area (Å²) < 4.78 is 14.4. The van der Waals surface area contributed by atoms with E-state index in [9.17, 15) is 14.3 Å². The number of benzene rings is 1. The van der Waals surface area contributed by atoms with Gasteiger partial charge in [-0.3, -0.25) is 9.79 Å². The van der Waals surface area contributed by atoms with Crippen LogP contribution in [0, 0.1) is 5.82 Å². The van der Waals surface area contributed by atoms with Crippen molar-refractivity contribution in [3.63, 3.8) is 0 Å². The van der Waals surface area contributed by atoms with Crippen LogP contribution in [0.5, 0.6) is 0 Å². The number of rotatable bonds is 8. The predicted octanol–water partition coefficient (Wildman–Crippen LogP) is 3.83. The zero-order valence-electron chi connectivity index (χ0n) is 20.0. The molecule has 0 aliphatic heterocycles. The normalized spacial score (nSPS) is 15.4. The van der Waals surface area contributed by atoms with Gasteiger partial charge in [-0.15, -0.1) is 0 Å². The van der Waals surface area contributed by atoms with Gasteiger partial charge in [0.1, 0.15) is 17.2 Å². The van der Waals surface area contributed by atoms with E-state index in [1.165, 1.54) is 37.4 Å². The van der Waals surface area contributed by atoms with Crippen LogP contribution < -0.4 is 11.1 Å². The van der Waals surface area contributed by atoms with Gasteiger partial charge in [0.25, 0.3) is 5.91 Å². The number of carbonyl (C=O) groups excluding carboxylic acids is 1. The smallest absolute Gasteiger partial charge is 0.272 e. The first kappa shape index (κ1) is 24.5. The second-order valence-electron chi connectivity index (χ2n) is 9.54. The molecular formula is C26H31FN6O2. The van der Waals surface area contributed by atoms with E-state index in [0.717, 1.165) is 24.2 Å². The monoisotopic (exact) mass is 478 g/mol. The van der Waals surface area contributed by atoms with Gasteiger partial charge in [-0.1, -0.05) is 12.8 Å². The highest BCUT2D eigenvalue weighted by Gasteiger charge is 2.22. The lowest BCUT2D eigenvalue weighted by Crippen LogP contribution is -2.24. The molecule has 0 radical (unpaired) electrons. The number of allylic oxidation sites excluding steroid dienone is 1. The van der Waals surface area contributed by atoms with Crippen LogP contribution in [-0.2, 0) is 6.54 Å². The number of nitrogens with zero attached hydrogens (tertiary/aromatic N) is 3. The second-order valence-corrected chi connectivity index (χ2v) is 9.54. The third-order valence-electron chi connectivity index (χ3n) is 6.24. The van der Waals surface area contributed by atoms with Crippen LogP contribution in [0.4, 0.5) is 4.39 Å². The number of hydrogen-bond acceptors (Lipinski definition) is 6. The van der Waals surface area contributed by atoms with Crippen molar-refractivity contribution in [2.45, 2.75) is 57.5 Å². The van der Waals surface area contributed by atoms with Gasteiger partial charge in [-0.25, -0.2) is 14.4 Å². The van der Waals surface area contributed by atoms with E-state index in [-0.39, 0.29) is 24.8 Å². The third-order valence-corrected chi connectivity index (χ3v) is 6.24. The molecule has 1 fully saturated rings. The molecule has 35 heavy (non-hydrogen) atoms. The van der Waals surface area contributed by atoms with E-state index >= 15 is 0 Å². The number of aliphatic hydroxyl groups is 1. The van der Waals surface area contributed by atoms with Crippen molar-refractivity contribution in [3.05, 3.63) is 65.1 Å². The minimum absolute atomic E-state index is 0.0959. The van der Waals surface area contributed by atoms with Gasteiger partial charge in [0.05, 0.1) is 17.7 Å². The average molecular weight is 479 g/mol. The molecule has 3 aromatic rings. The molecule has 1 aliphatic rings. The number of nitrogens with one attached hydrogen (secondary N) is 2. The van der Waals surface area contributed by atoms with E-state index in [2.05, 4.69) is 25.3 Å². The summed E-state index contributed by atoms with van der Waals surface area (Å²) in [5.41, 5.74) is 8.20. The number of aliphatic hydroxyl groups excluding tert-OH is 1. The fourth-order valence-electron chi connectivity index (χ4n) is 4.20. The summed E-state index contributed by atoms with van der Waals surface area (Å²) in [7, 11) is 0. The lowest BCUT2D eigenvalue weighted by molar-refractivity contribution is 0.0947. The maximum absolute atomic E-state index is 14.4. The summed E-state index contributed by atoms with van der Waals surface area (Å²) in [4.78, 5) is 29.6. The van der Waals surface area contributed by atoms with Gasteiger partial charge in [0, 0.05) is 36.6 Å². The maximum atomic E-state index is 14.4. The molecule has 1 saturated carbocycles. The van der Waals surface area contributed by atoms with Crippen molar-refractivity contribution < 1.29 is 14.3 Å². The molecule has 184 valence electrons. The Balaban J connectivity index is 1.51. The Labute approximate surface area is 203 Å². The summed E-state index contributed by atoms with van der Waals surface area (Å²) in [5.74, 6) is 0.447. The molecule has 2 heterocycles. The van der Waals surface area contributed by atoms with Crippen molar-refractivity contribution in [3.8, 4) is 0 Å². The molecule has 0 spiro atoms. The topological polar surface area (TPSA) is 129 Å². The molecule has 4 rings (SSSR count). The number of halogens is 1. The number of aromatic nitrogens is 3. The Morgan fingerprint density at radius 3 is 2.83 bits per heavy atom. The van der Waals surface area contributed by atoms with Crippen LogP contribution in [0.2, 0.25) is 0 Å². The molecule has 0 unspecified atom stereocenters. The Hall–Kier alpha value is -3.59. The number of fused-ring (bicyclic) bond motifs is 1. The summed E-state index contributed by atoms with van der Waals surface area (Å²) in [6, 6.07) is 6.25. The summed E-state index contributed by atoms with van der Waals surface area (Å²) in [5, 5.41) is 12.2. The van der Waals surface area contributed by atoms with E-state index in [1.54, 1.807) is 26.1 Å². The number of nitrogens with two attached hydrogens (primary N) is 1. The number of aromatic amines is 1. The molecule has 0 saturated heterocycles. The minimum Gasteiger partial charge on any atom is -0.404 e. The average Bonchev–Trinajstić information content (AvgIpc) is 3.52. The van der Waals surface area contributed by atoms with Crippen molar-refractivity contribution in [1.82, 2.24) is 20.3 Å². The van der Waals surface area contributed by atoms with Gasteiger partial charge in [-0.2, -0.15) is 0 Å². The summed E-state index contributed by atoms with van der Waals surface area (Å²) in [6.45, 7) is 3.50. The van der Waals surface area contributed by atoms with Crippen LogP contribution in [-0.4, -0.2) is 44.3 Å². The summed E-state index contributed by atoms with van der Waals surface area (Å²) >= 11 is 0. The number of imidazole rings is 1. The van der Waals surface area contributed by atoms with Crippen LogP contribution in [0.25, 0.3) is 16.6 Å². The van der Waals surface area contributed by atoms with Gasteiger partial charge in [0.2, 0.25) is 0 Å². The zero-order valence-corrected chi connectivity index (χ0v) is 20.0. The Morgan fingerprint density at radius 2 is 2.11 bits per heavy atom. The molecule has 1 amide bonds. The highest BCUT2D eigenvalue weighted by molar-refractivity contribution is 6.09. The SMILES string of the molecule is CC(C)(CO)N=CC(=CN)c1cc(F)cc(CNC(=O)c2nccc3[nH]c(C4CCCC4)nc23)c1. The van der Waals surface area contributed by atoms with E-state index in [0.29, 0.717) is 28.1 Å². The molecule has 2 aromatic heterocycles. The Bertz CT molecular complexity index is 1270. The van der Waals surface area contributed by atoms with Gasteiger partial charge >= 0.3 is 0 Å². The molecular weight excluding hydrogens is 447 g/mol. The predicted molar refractivity (Wildman–Crippen MR) is 134 cm³/mol. The lowest BCUT2D eigenvalue weighted by atomic mass is 10.0. The molecule has 5 N–H and O–H groups in total. The largest absolute Gasteiger partial charge is 0.404 e. The van der Waals surface area contributed by atoms with Gasteiger partial charge in [0.15, 0.2) is 5.69 Å². The van der Waals surface area contributed by atoms with Crippen LogP contribution in [0.3, 0.4) is 0 Å². The first-order valence-electron chi connectivity index (χ1n) is 11.8. The minimum atomic E-state index is -0.684. The second kappa shape index (κ2) is 10.4. The molecule has 1 aliphatic carbocycles. The van der Waals surface area contributed by atoms with Crippen LogP contribution >= 0.6 is 0 Å². The van der Waals surface area contributed by atoms with Gasteiger partial charge < -0.3 is 21.1 Å². The highest BCUT2D eigenvalue weighted by Crippen LogP contribution is 2.33.